The number of likely N-dealkylation sites (N-methyl/N-ethyl adjacent to an activating group) is 1. The van der Waals surface area contributed by atoms with Crippen molar-refractivity contribution in [1.29, 1.82) is 0 Å². The first-order valence-electron chi connectivity index (χ1n) is 6.04. The van der Waals surface area contributed by atoms with Crippen LogP contribution in [-0.2, 0) is 11.3 Å². The standard InChI is InChI=1S/C13H22N2O2/c1-3-15(7-8-17-4-2)10-11-9-12(14)5-6-13(11)16/h5-6,9,16H,3-4,7-8,10,14H2,1-2H3. The Hall–Kier alpha value is -1.26. The lowest BCUT2D eigenvalue weighted by Gasteiger charge is -2.20. The molecule has 0 aromatic heterocycles. The summed E-state index contributed by atoms with van der Waals surface area (Å²) in [5.74, 6) is 0.300. The number of nitrogen functional groups attached to an aromatic ring is 1. The van der Waals surface area contributed by atoms with Gasteiger partial charge in [-0.05, 0) is 31.7 Å². The average molecular weight is 238 g/mol. The molecule has 0 radical (unpaired) electrons. The lowest BCUT2D eigenvalue weighted by atomic mass is 10.1. The first-order chi connectivity index (χ1) is 8.17. The normalized spacial score (nSPS) is 11.0. The van der Waals surface area contributed by atoms with Gasteiger partial charge in [-0.1, -0.05) is 6.92 Å². The zero-order chi connectivity index (χ0) is 12.7. The SMILES string of the molecule is CCOCCN(CC)Cc1cc(N)ccc1O. The first-order valence-corrected chi connectivity index (χ1v) is 6.04. The summed E-state index contributed by atoms with van der Waals surface area (Å²) in [7, 11) is 0. The van der Waals surface area contributed by atoms with Crippen molar-refractivity contribution in [3.8, 4) is 5.75 Å². The number of phenols is 1. The molecule has 0 aliphatic rings. The van der Waals surface area contributed by atoms with E-state index in [1.165, 1.54) is 0 Å². The van der Waals surface area contributed by atoms with E-state index in [0.29, 0.717) is 24.6 Å². The second-order valence-corrected chi connectivity index (χ2v) is 3.95. The Bertz CT molecular complexity index is 342. The van der Waals surface area contributed by atoms with Crippen LogP contribution in [0.1, 0.15) is 19.4 Å². The predicted molar refractivity (Wildman–Crippen MR) is 70.0 cm³/mol. The van der Waals surface area contributed by atoms with Gasteiger partial charge in [0.05, 0.1) is 6.61 Å². The highest BCUT2D eigenvalue weighted by molar-refractivity contribution is 5.47. The maximum absolute atomic E-state index is 9.74. The summed E-state index contributed by atoms with van der Waals surface area (Å²) in [5, 5.41) is 9.74. The van der Waals surface area contributed by atoms with Gasteiger partial charge in [-0.2, -0.15) is 0 Å². The molecule has 0 aliphatic carbocycles. The maximum Gasteiger partial charge on any atom is 0.120 e. The predicted octanol–water partition coefficient (Wildman–Crippen LogP) is 1.83. The third-order valence-electron chi connectivity index (χ3n) is 2.70. The van der Waals surface area contributed by atoms with Gasteiger partial charge in [0.2, 0.25) is 0 Å². The van der Waals surface area contributed by atoms with Crippen LogP contribution in [-0.4, -0.2) is 36.3 Å². The number of nitrogens with zero attached hydrogens (tertiary/aromatic N) is 1. The van der Waals surface area contributed by atoms with Crippen LogP contribution in [0.25, 0.3) is 0 Å². The second kappa shape index (κ2) is 7.14. The van der Waals surface area contributed by atoms with Gasteiger partial charge in [-0.15, -0.1) is 0 Å². The van der Waals surface area contributed by atoms with Crippen LogP contribution >= 0.6 is 0 Å². The van der Waals surface area contributed by atoms with Crippen molar-refractivity contribution >= 4 is 5.69 Å². The van der Waals surface area contributed by atoms with E-state index in [2.05, 4.69) is 11.8 Å². The van der Waals surface area contributed by atoms with Gasteiger partial charge < -0.3 is 15.6 Å². The van der Waals surface area contributed by atoms with Crippen LogP contribution in [0.3, 0.4) is 0 Å². The summed E-state index contributed by atoms with van der Waals surface area (Å²) in [5.41, 5.74) is 7.26. The average Bonchev–Trinajstić information content (AvgIpc) is 2.32. The summed E-state index contributed by atoms with van der Waals surface area (Å²) in [4.78, 5) is 2.21. The van der Waals surface area contributed by atoms with E-state index in [4.69, 9.17) is 10.5 Å². The summed E-state index contributed by atoms with van der Waals surface area (Å²) < 4.78 is 5.33. The monoisotopic (exact) mass is 238 g/mol. The highest BCUT2D eigenvalue weighted by atomic mass is 16.5. The minimum absolute atomic E-state index is 0.300. The van der Waals surface area contributed by atoms with E-state index >= 15 is 0 Å². The van der Waals surface area contributed by atoms with Crippen molar-refractivity contribution in [2.75, 3.05) is 32.0 Å². The van der Waals surface area contributed by atoms with Crippen LogP contribution in [0.2, 0.25) is 0 Å². The van der Waals surface area contributed by atoms with Crippen molar-refractivity contribution in [3.63, 3.8) is 0 Å². The molecule has 0 saturated carbocycles. The minimum atomic E-state index is 0.300. The number of rotatable bonds is 7. The number of ether oxygens (including phenoxy) is 1. The molecular weight excluding hydrogens is 216 g/mol. The molecule has 0 heterocycles. The molecule has 0 amide bonds. The number of nitrogens with two attached hydrogens (primary N) is 1. The number of hydrogen-bond donors (Lipinski definition) is 2. The quantitative estimate of drug-likeness (QED) is 0.432. The number of phenolic OH excluding ortho intramolecular Hbond substituents is 1. The Morgan fingerprint density at radius 1 is 1.35 bits per heavy atom. The van der Waals surface area contributed by atoms with Gasteiger partial charge in [-0.25, -0.2) is 0 Å². The molecule has 0 bridgehead atoms. The van der Waals surface area contributed by atoms with Crippen LogP contribution in [0.4, 0.5) is 5.69 Å². The number of anilines is 1. The van der Waals surface area contributed by atoms with Crippen molar-refractivity contribution < 1.29 is 9.84 Å². The zero-order valence-corrected chi connectivity index (χ0v) is 10.6. The molecular formula is C13H22N2O2. The lowest BCUT2D eigenvalue weighted by molar-refractivity contribution is 0.112. The molecule has 0 spiro atoms. The Morgan fingerprint density at radius 3 is 2.76 bits per heavy atom. The van der Waals surface area contributed by atoms with Crippen LogP contribution in [0.5, 0.6) is 5.75 Å². The molecule has 17 heavy (non-hydrogen) atoms. The van der Waals surface area contributed by atoms with Gasteiger partial charge in [0.25, 0.3) is 0 Å². The molecule has 0 aliphatic heterocycles. The number of hydrogen-bond acceptors (Lipinski definition) is 4. The maximum atomic E-state index is 9.74. The van der Waals surface area contributed by atoms with Crippen LogP contribution < -0.4 is 5.73 Å². The van der Waals surface area contributed by atoms with Crippen molar-refractivity contribution in [2.45, 2.75) is 20.4 Å². The summed E-state index contributed by atoms with van der Waals surface area (Å²) in [6, 6.07) is 5.16. The van der Waals surface area contributed by atoms with E-state index in [1.807, 2.05) is 13.0 Å². The fourth-order valence-corrected chi connectivity index (χ4v) is 1.66. The van der Waals surface area contributed by atoms with Gasteiger partial charge in [0.1, 0.15) is 5.75 Å². The fourth-order valence-electron chi connectivity index (χ4n) is 1.66. The molecule has 3 N–H and O–H groups in total. The van der Waals surface area contributed by atoms with Gasteiger partial charge in [0, 0.05) is 30.9 Å². The van der Waals surface area contributed by atoms with Crippen molar-refractivity contribution in [1.82, 2.24) is 4.90 Å². The topological polar surface area (TPSA) is 58.7 Å². The molecule has 4 heteroatoms. The fraction of sp³-hybridized carbons (Fsp3) is 0.538. The summed E-state index contributed by atoms with van der Waals surface area (Å²) >= 11 is 0. The molecule has 1 aromatic carbocycles. The third-order valence-corrected chi connectivity index (χ3v) is 2.70. The second-order valence-electron chi connectivity index (χ2n) is 3.95. The molecule has 0 fully saturated rings. The molecule has 0 saturated heterocycles. The number of aromatic hydroxyl groups is 1. The lowest BCUT2D eigenvalue weighted by Crippen LogP contribution is -2.27. The van der Waals surface area contributed by atoms with Crippen LogP contribution in [0.15, 0.2) is 18.2 Å². The van der Waals surface area contributed by atoms with E-state index in [0.717, 1.165) is 25.3 Å². The highest BCUT2D eigenvalue weighted by Crippen LogP contribution is 2.21. The van der Waals surface area contributed by atoms with E-state index in [9.17, 15) is 5.11 Å². The third kappa shape index (κ3) is 4.63. The largest absolute Gasteiger partial charge is 0.508 e. The molecule has 0 unspecified atom stereocenters. The Morgan fingerprint density at radius 2 is 2.12 bits per heavy atom. The Balaban J connectivity index is 2.57. The summed E-state index contributed by atoms with van der Waals surface area (Å²) in [6.07, 6.45) is 0. The highest BCUT2D eigenvalue weighted by Gasteiger charge is 2.07. The van der Waals surface area contributed by atoms with Crippen molar-refractivity contribution in [3.05, 3.63) is 23.8 Å². The van der Waals surface area contributed by atoms with Gasteiger partial charge >= 0.3 is 0 Å². The molecule has 4 nitrogen and oxygen atoms in total. The van der Waals surface area contributed by atoms with Gasteiger partial charge in [0.15, 0.2) is 0 Å². The Labute approximate surface area is 103 Å². The molecule has 1 aromatic rings. The van der Waals surface area contributed by atoms with E-state index < -0.39 is 0 Å². The Kier molecular flexibility index (Phi) is 5.80. The van der Waals surface area contributed by atoms with E-state index in [1.54, 1.807) is 12.1 Å². The molecule has 0 atom stereocenters. The molecule has 96 valence electrons. The first kappa shape index (κ1) is 13.8. The van der Waals surface area contributed by atoms with Gasteiger partial charge in [-0.3, -0.25) is 4.90 Å². The molecule has 1 rings (SSSR count). The van der Waals surface area contributed by atoms with Crippen molar-refractivity contribution in [2.24, 2.45) is 0 Å². The van der Waals surface area contributed by atoms with E-state index in [-0.39, 0.29) is 0 Å². The smallest absolute Gasteiger partial charge is 0.120 e. The summed E-state index contributed by atoms with van der Waals surface area (Å²) in [6.45, 7) is 8.00. The number of benzene rings is 1. The van der Waals surface area contributed by atoms with Crippen LogP contribution in [0, 0.1) is 0 Å². The zero-order valence-electron chi connectivity index (χ0n) is 10.6. The minimum Gasteiger partial charge on any atom is -0.508 e.